The van der Waals surface area contributed by atoms with Crippen molar-refractivity contribution in [3.8, 4) is 0 Å². The van der Waals surface area contributed by atoms with E-state index in [1.165, 1.54) is 19.3 Å². The Morgan fingerprint density at radius 1 is 1.50 bits per heavy atom. The van der Waals surface area contributed by atoms with Crippen molar-refractivity contribution in [3.05, 3.63) is 0 Å². The summed E-state index contributed by atoms with van der Waals surface area (Å²) in [5.41, 5.74) is 0. The van der Waals surface area contributed by atoms with Crippen LogP contribution in [-0.2, 0) is 4.79 Å². The second kappa shape index (κ2) is 2.22. The van der Waals surface area contributed by atoms with Gasteiger partial charge in [-0.25, -0.2) is 0 Å². The lowest BCUT2D eigenvalue weighted by Gasteiger charge is -2.47. The summed E-state index contributed by atoms with van der Waals surface area (Å²) < 4.78 is 0. The Morgan fingerprint density at radius 3 is 3.00 bits per heavy atom. The van der Waals surface area contributed by atoms with E-state index in [9.17, 15) is 4.79 Å². The van der Waals surface area contributed by atoms with Crippen molar-refractivity contribution in [2.45, 2.75) is 30.1 Å². The molecule has 3 heteroatoms. The quantitative estimate of drug-likeness (QED) is 0.428. The smallest absolute Gasteiger partial charge is 0.238 e. The number of amides is 1. The molecule has 1 amide bonds. The second-order valence-corrected chi connectivity index (χ2v) is 3.98. The van der Waals surface area contributed by atoms with E-state index in [0.717, 1.165) is 6.54 Å². The fraction of sp³-hybridized carbons (Fsp3) is 0.857. The van der Waals surface area contributed by atoms with Gasteiger partial charge in [-0.3, -0.25) is 4.79 Å². The molecule has 2 nitrogen and oxygen atoms in total. The van der Waals surface area contributed by atoms with Crippen LogP contribution in [0.2, 0.25) is 0 Å². The minimum atomic E-state index is 0.146. The summed E-state index contributed by atoms with van der Waals surface area (Å²) >= 11 is 3.38. The fourth-order valence-corrected chi connectivity index (χ4v) is 2.59. The Labute approximate surface area is 68.7 Å². The first-order valence-electron chi connectivity index (χ1n) is 3.75. The minimum Gasteiger partial charge on any atom is -0.337 e. The summed E-state index contributed by atoms with van der Waals surface area (Å²) in [6.45, 7) is 0.992. The Balaban J connectivity index is 2.06. The molecule has 0 aromatic heterocycles. The third-order valence-electron chi connectivity index (χ3n) is 2.41. The first-order chi connectivity index (χ1) is 4.80. The largest absolute Gasteiger partial charge is 0.337 e. The number of fused-ring (bicyclic) bond motifs is 1. The summed E-state index contributed by atoms with van der Waals surface area (Å²) in [4.78, 5) is 13.2. The van der Waals surface area contributed by atoms with Crippen LogP contribution in [0.25, 0.3) is 0 Å². The number of hydrogen-bond acceptors (Lipinski definition) is 1. The molecule has 2 rings (SSSR count). The maximum atomic E-state index is 11.1. The van der Waals surface area contributed by atoms with Gasteiger partial charge in [0.25, 0.3) is 0 Å². The average molecular weight is 204 g/mol. The number of piperidine rings is 1. The molecule has 56 valence electrons. The number of rotatable bonds is 0. The normalized spacial score (nSPS) is 38.9. The highest BCUT2D eigenvalue weighted by Crippen LogP contribution is 2.33. The molecule has 0 N–H and O–H groups in total. The number of alkyl halides is 1. The van der Waals surface area contributed by atoms with Crippen molar-refractivity contribution in [1.82, 2.24) is 4.90 Å². The van der Waals surface area contributed by atoms with Crippen LogP contribution in [0.15, 0.2) is 0 Å². The zero-order valence-corrected chi connectivity index (χ0v) is 7.30. The molecule has 0 saturated carbocycles. The first kappa shape index (κ1) is 6.65. The minimum absolute atomic E-state index is 0.146. The van der Waals surface area contributed by atoms with E-state index >= 15 is 0 Å². The molecule has 2 fully saturated rings. The first-order valence-corrected chi connectivity index (χ1v) is 4.67. The Bertz CT molecular complexity index is 171. The van der Waals surface area contributed by atoms with E-state index in [1.807, 2.05) is 4.90 Å². The van der Waals surface area contributed by atoms with Crippen LogP contribution in [0.3, 0.4) is 0 Å². The average Bonchev–Trinajstić information content (AvgIpc) is 2.03. The summed E-state index contributed by atoms with van der Waals surface area (Å²) in [6, 6.07) is 0.529. The van der Waals surface area contributed by atoms with Crippen LogP contribution in [0.1, 0.15) is 19.3 Å². The topological polar surface area (TPSA) is 20.3 Å². The predicted octanol–water partition coefficient (Wildman–Crippen LogP) is 1.14. The van der Waals surface area contributed by atoms with Gasteiger partial charge >= 0.3 is 0 Å². The number of hydrogen-bond donors (Lipinski definition) is 0. The van der Waals surface area contributed by atoms with E-state index < -0.39 is 0 Å². The van der Waals surface area contributed by atoms with Crippen LogP contribution in [0.4, 0.5) is 0 Å². The van der Waals surface area contributed by atoms with Crippen molar-refractivity contribution in [2.24, 2.45) is 0 Å². The van der Waals surface area contributed by atoms with Gasteiger partial charge in [0.2, 0.25) is 5.91 Å². The molecule has 0 aromatic carbocycles. The SMILES string of the molecule is O=C1C(Br)C2CCCCN12. The molecule has 0 aliphatic carbocycles. The van der Waals surface area contributed by atoms with Gasteiger partial charge in [0, 0.05) is 6.54 Å². The molecule has 2 heterocycles. The van der Waals surface area contributed by atoms with Crippen molar-refractivity contribution < 1.29 is 4.79 Å². The van der Waals surface area contributed by atoms with Crippen LogP contribution in [0.5, 0.6) is 0 Å². The van der Waals surface area contributed by atoms with Crippen molar-refractivity contribution >= 4 is 21.8 Å². The molecule has 2 unspecified atom stereocenters. The van der Waals surface area contributed by atoms with Crippen LogP contribution in [-0.4, -0.2) is 28.2 Å². The molecular formula is C7H10BrNO. The lowest BCUT2D eigenvalue weighted by atomic mass is 9.91. The molecule has 2 aliphatic rings. The maximum Gasteiger partial charge on any atom is 0.238 e. The van der Waals surface area contributed by atoms with Gasteiger partial charge in [0.05, 0.1) is 6.04 Å². The van der Waals surface area contributed by atoms with Crippen LogP contribution >= 0.6 is 15.9 Å². The summed E-state index contributed by atoms with van der Waals surface area (Å²) in [6.07, 6.45) is 3.68. The van der Waals surface area contributed by atoms with Gasteiger partial charge in [0.15, 0.2) is 0 Å². The number of nitrogens with zero attached hydrogens (tertiary/aromatic N) is 1. The lowest BCUT2D eigenvalue weighted by Crippen LogP contribution is -2.63. The standard InChI is InChI=1S/C7H10BrNO/c8-6-5-3-1-2-4-9(5)7(6)10/h5-6H,1-4H2. The van der Waals surface area contributed by atoms with Crippen LogP contribution in [0, 0.1) is 0 Å². The van der Waals surface area contributed by atoms with Crippen molar-refractivity contribution in [2.75, 3.05) is 6.54 Å². The lowest BCUT2D eigenvalue weighted by molar-refractivity contribution is -0.146. The van der Waals surface area contributed by atoms with E-state index in [2.05, 4.69) is 15.9 Å². The number of carbonyl (C=O) groups is 1. The third kappa shape index (κ3) is 0.729. The molecule has 0 aromatic rings. The third-order valence-corrected chi connectivity index (χ3v) is 3.41. The van der Waals surface area contributed by atoms with E-state index in [-0.39, 0.29) is 4.83 Å². The van der Waals surface area contributed by atoms with E-state index in [4.69, 9.17) is 0 Å². The Morgan fingerprint density at radius 2 is 2.30 bits per heavy atom. The highest BCUT2D eigenvalue weighted by atomic mass is 79.9. The highest BCUT2D eigenvalue weighted by molar-refractivity contribution is 9.10. The molecule has 0 bridgehead atoms. The molecule has 2 saturated heterocycles. The summed E-state index contributed by atoms with van der Waals surface area (Å²) in [5, 5.41) is 0. The molecule has 0 radical (unpaired) electrons. The zero-order chi connectivity index (χ0) is 7.14. The van der Waals surface area contributed by atoms with Gasteiger partial charge in [-0.05, 0) is 19.3 Å². The summed E-state index contributed by atoms with van der Waals surface area (Å²) in [7, 11) is 0. The maximum absolute atomic E-state index is 11.1. The Hall–Kier alpha value is -0.0500. The number of halogens is 1. The predicted molar refractivity (Wildman–Crippen MR) is 42.1 cm³/mol. The van der Waals surface area contributed by atoms with Gasteiger partial charge in [-0.1, -0.05) is 15.9 Å². The van der Waals surface area contributed by atoms with Gasteiger partial charge in [0.1, 0.15) is 4.83 Å². The molecular weight excluding hydrogens is 194 g/mol. The fourth-order valence-electron chi connectivity index (χ4n) is 1.78. The molecule has 10 heavy (non-hydrogen) atoms. The van der Waals surface area contributed by atoms with E-state index in [1.54, 1.807) is 0 Å². The molecule has 0 spiro atoms. The van der Waals surface area contributed by atoms with E-state index in [0.29, 0.717) is 11.9 Å². The summed E-state index contributed by atoms with van der Waals surface area (Å²) in [5.74, 6) is 0.296. The van der Waals surface area contributed by atoms with Crippen LogP contribution < -0.4 is 0 Å². The van der Waals surface area contributed by atoms with Gasteiger partial charge < -0.3 is 4.90 Å². The van der Waals surface area contributed by atoms with Gasteiger partial charge in [-0.15, -0.1) is 0 Å². The number of carbonyl (C=O) groups excluding carboxylic acids is 1. The van der Waals surface area contributed by atoms with Crippen molar-refractivity contribution in [3.63, 3.8) is 0 Å². The van der Waals surface area contributed by atoms with Crippen molar-refractivity contribution in [1.29, 1.82) is 0 Å². The monoisotopic (exact) mass is 203 g/mol. The van der Waals surface area contributed by atoms with Gasteiger partial charge in [-0.2, -0.15) is 0 Å². The number of β-lactam (4-membered cyclic amide) rings is 1. The molecule has 2 atom stereocenters. The highest BCUT2D eigenvalue weighted by Gasteiger charge is 2.45. The zero-order valence-electron chi connectivity index (χ0n) is 5.72. The molecule has 2 aliphatic heterocycles. The Kier molecular flexibility index (Phi) is 1.48. The second-order valence-electron chi connectivity index (χ2n) is 3.00.